The molecule has 0 radical (unpaired) electrons. The lowest BCUT2D eigenvalue weighted by molar-refractivity contribution is 0.0790. The molecule has 1 aliphatic carbocycles. The van der Waals surface area contributed by atoms with Crippen LogP contribution in [0.3, 0.4) is 0 Å². The predicted octanol–water partition coefficient (Wildman–Crippen LogP) is 2.31. The Labute approximate surface area is 103 Å². The summed E-state index contributed by atoms with van der Waals surface area (Å²) < 4.78 is 10.9. The van der Waals surface area contributed by atoms with Crippen molar-refractivity contribution in [3.63, 3.8) is 0 Å². The van der Waals surface area contributed by atoms with Crippen molar-refractivity contribution in [3.05, 3.63) is 29.3 Å². The SMILES string of the molecule is CCCNC1c2cc(OC)ccc2CC1OC. The molecular formula is C14H21NO2. The molecule has 1 N–H and O–H groups in total. The molecule has 2 atom stereocenters. The first-order valence-corrected chi connectivity index (χ1v) is 6.23. The van der Waals surface area contributed by atoms with Gasteiger partial charge in [-0.25, -0.2) is 0 Å². The van der Waals surface area contributed by atoms with E-state index in [-0.39, 0.29) is 6.10 Å². The molecule has 0 saturated carbocycles. The van der Waals surface area contributed by atoms with E-state index in [1.54, 1.807) is 14.2 Å². The van der Waals surface area contributed by atoms with Crippen molar-refractivity contribution >= 4 is 0 Å². The highest BCUT2D eigenvalue weighted by molar-refractivity contribution is 5.42. The van der Waals surface area contributed by atoms with Gasteiger partial charge in [0, 0.05) is 13.5 Å². The maximum absolute atomic E-state index is 5.57. The highest BCUT2D eigenvalue weighted by atomic mass is 16.5. The second-order valence-electron chi connectivity index (χ2n) is 4.47. The third kappa shape index (κ3) is 2.45. The highest BCUT2D eigenvalue weighted by Gasteiger charge is 2.32. The summed E-state index contributed by atoms with van der Waals surface area (Å²) in [6, 6.07) is 6.59. The summed E-state index contributed by atoms with van der Waals surface area (Å²) in [6.07, 6.45) is 2.35. The van der Waals surface area contributed by atoms with E-state index in [0.29, 0.717) is 6.04 Å². The van der Waals surface area contributed by atoms with Gasteiger partial charge in [0.2, 0.25) is 0 Å². The minimum atomic E-state index is 0.239. The van der Waals surface area contributed by atoms with Crippen LogP contribution in [-0.4, -0.2) is 26.9 Å². The van der Waals surface area contributed by atoms with E-state index in [4.69, 9.17) is 9.47 Å². The Bertz CT molecular complexity index is 378. The van der Waals surface area contributed by atoms with Gasteiger partial charge < -0.3 is 14.8 Å². The number of nitrogens with one attached hydrogen (secondary N) is 1. The Hall–Kier alpha value is -1.06. The molecule has 2 unspecified atom stereocenters. The van der Waals surface area contributed by atoms with Gasteiger partial charge in [-0.15, -0.1) is 0 Å². The average Bonchev–Trinajstić information content (AvgIpc) is 2.73. The third-order valence-corrected chi connectivity index (χ3v) is 3.40. The number of hydrogen-bond donors (Lipinski definition) is 1. The zero-order chi connectivity index (χ0) is 12.3. The van der Waals surface area contributed by atoms with Crippen LogP contribution in [0.5, 0.6) is 5.75 Å². The third-order valence-electron chi connectivity index (χ3n) is 3.40. The zero-order valence-corrected chi connectivity index (χ0v) is 10.8. The van der Waals surface area contributed by atoms with Gasteiger partial charge in [-0.2, -0.15) is 0 Å². The molecule has 0 spiro atoms. The highest BCUT2D eigenvalue weighted by Crippen LogP contribution is 2.35. The van der Waals surface area contributed by atoms with E-state index < -0.39 is 0 Å². The maximum Gasteiger partial charge on any atom is 0.119 e. The Morgan fingerprint density at radius 1 is 1.35 bits per heavy atom. The first kappa shape index (κ1) is 12.4. The molecule has 1 aromatic rings. The van der Waals surface area contributed by atoms with Crippen LogP contribution in [0.2, 0.25) is 0 Å². The van der Waals surface area contributed by atoms with Crippen LogP contribution in [-0.2, 0) is 11.2 Å². The minimum absolute atomic E-state index is 0.239. The number of benzene rings is 1. The van der Waals surface area contributed by atoms with Gasteiger partial charge in [0.05, 0.1) is 19.3 Å². The molecule has 0 fully saturated rings. The molecule has 1 aromatic carbocycles. The second kappa shape index (κ2) is 5.52. The summed E-state index contributed by atoms with van der Waals surface area (Å²) in [5.41, 5.74) is 2.69. The van der Waals surface area contributed by atoms with Gasteiger partial charge in [0.15, 0.2) is 0 Å². The molecule has 0 bridgehead atoms. The van der Waals surface area contributed by atoms with Crippen LogP contribution in [0.4, 0.5) is 0 Å². The van der Waals surface area contributed by atoms with E-state index in [2.05, 4.69) is 24.4 Å². The number of rotatable bonds is 5. The predicted molar refractivity (Wildman–Crippen MR) is 68.5 cm³/mol. The molecule has 3 nitrogen and oxygen atoms in total. The van der Waals surface area contributed by atoms with Gasteiger partial charge in [-0.3, -0.25) is 0 Å². The van der Waals surface area contributed by atoms with Crippen molar-refractivity contribution < 1.29 is 9.47 Å². The van der Waals surface area contributed by atoms with Gasteiger partial charge in [-0.1, -0.05) is 13.0 Å². The van der Waals surface area contributed by atoms with Crippen LogP contribution in [0, 0.1) is 0 Å². The van der Waals surface area contributed by atoms with Crippen LogP contribution in [0.1, 0.15) is 30.5 Å². The van der Waals surface area contributed by atoms with Crippen molar-refractivity contribution in [2.24, 2.45) is 0 Å². The normalized spacial score (nSPS) is 22.5. The minimum Gasteiger partial charge on any atom is -0.497 e. The van der Waals surface area contributed by atoms with Crippen LogP contribution in [0.15, 0.2) is 18.2 Å². The monoisotopic (exact) mass is 235 g/mol. The van der Waals surface area contributed by atoms with Crippen LogP contribution in [0.25, 0.3) is 0 Å². The van der Waals surface area contributed by atoms with Crippen LogP contribution < -0.4 is 10.1 Å². The first-order chi connectivity index (χ1) is 8.30. The maximum atomic E-state index is 5.57. The smallest absolute Gasteiger partial charge is 0.119 e. The molecule has 17 heavy (non-hydrogen) atoms. The molecule has 0 amide bonds. The van der Waals surface area contributed by atoms with Crippen molar-refractivity contribution in [1.29, 1.82) is 0 Å². The molecule has 3 heteroatoms. The second-order valence-corrected chi connectivity index (χ2v) is 4.47. The lowest BCUT2D eigenvalue weighted by atomic mass is 10.1. The summed E-state index contributed by atoms with van der Waals surface area (Å²) in [6.45, 7) is 3.19. The van der Waals surface area contributed by atoms with Gasteiger partial charge >= 0.3 is 0 Å². The number of fused-ring (bicyclic) bond motifs is 1. The lowest BCUT2D eigenvalue weighted by Crippen LogP contribution is -2.30. The standard InChI is InChI=1S/C14H21NO2/c1-4-7-15-14-12-9-11(16-2)6-5-10(12)8-13(14)17-3/h5-6,9,13-15H,4,7-8H2,1-3H3. The fraction of sp³-hybridized carbons (Fsp3) is 0.571. The van der Waals surface area contributed by atoms with E-state index in [9.17, 15) is 0 Å². The fourth-order valence-corrected chi connectivity index (χ4v) is 2.47. The Balaban J connectivity index is 2.24. The van der Waals surface area contributed by atoms with Crippen molar-refractivity contribution in [2.75, 3.05) is 20.8 Å². The largest absolute Gasteiger partial charge is 0.497 e. The molecule has 0 heterocycles. The summed E-state index contributed by atoms with van der Waals surface area (Å²) in [5, 5.41) is 3.56. The van der Waals surface area contributed by atoms with Gasteiger partial charge in [0.1, 0.15) is 5.75 Å². The first-order valence-electron chi connectivity index (χ1n) is 6.23. The van der Waals surface area contributed by atoms with Crippen LogP contribution >= 0.6 is 0 Å². The average molecular weight is 235 g/mol. The lowest BCUT2D eigenvalue weighted by Gasteiger charge is -2.20. The summed E-state index contributed by atoms with van der Waals surface area (Å²) in [7, 11) is 3.49. The van der Waals surface area contributed by atoms with Crippen molar-refractivity contribution in [3.8, 4) is 5.75 Å². The zero-order valence-electron chi connectivity index (χ0n) is 10.8. The topological polar surface area (TPSA) is 30.5 Å². The molecule has 2 rings (SSSR count). The molecule has 0 saturated heterocycles. The van der Waals surface area contributed by atoms with Gasteiger partial charge in [0.25, 0.3) is 0 Å². The van der Waals surface area contributed by atoms with Crippen molar-refractivity contribution in [2.45, 2.75) is 31.9 Å². The van der Waals surface area contributed by atoms with Crippen molar-refractivity contribution in [1.82, 2.24) is 5.32 Å². The molecular weight excluding hydrogens is 214 g/mol. The number of methoxy groups -OCH3 is 2. The summed E-state index contributed by atoms with van der Waals surface area (Å²) in [5.74, 6) is 0.920. The summed E-state index contributed by atoms with van der Waals surface area (Å²) in [4.78, 5) is 0. The van der Waals surface area contributed by atoms with E-state index in [1.807, 2.05) is 6.07 Å². The van der Waals surface area contributed by atoms with E-state index in [0.717, 1.165) is 25.1 Å². The molecule has 0 aromatic heterocycles. The fourth-order valence-electron chi connectivity index (χ4n) is 2.47. The van der Waals surface area contributed by atoms with Gasteiger partial charge in [-0.05, 0) is 36.2 Å². The number of hydrogen-bond acceptors (Lipinski definition) is 3. The van der Waals surface area contributed by atoms with E-state index >= 15 is 0 Å². The molecule has 0 aliphatic heterocycles. The molecule has 94 valence electrons. The summed E-state index contributed by atoms with van der Waals surface area (Å²) >= 11 is 0. The molecule has 1 aliphatic rings. The quantitative estimate of drug-likeness (QED) is 0.849. The Morgan fingerprint density at radius 3 is 2.82 bits per heavy atom. The number of ether oxygens (including phenoxy) is 2. The Morgan fingerprint density at radius 2 is 2.18 bits per heavy atom. The van der Waals surface area contributed by atoms with E-state index in [1.165, 1.54) is 11.1 Å². The Kier molecular flexibility index (Phi) is 4.02.